The van der Waals surface area contributed by atoms with Crippen LogP contribution < -0.4 is 10.5 Å². The Labute approximate surface area is 143 Å². The number of allylic oxidation sites excluding steroid dienone is 2. The van der Waals surface area contributed by atoms with Gasteiger partial charge in [-0.15, -0.1) is 0 Å². The van der Waals surface area contributed by atoms with E-state index in [0.29, 0.717) is 12.2 Å². The molecule has 0 aliphatic rings. The lowest BCUT2D eigenvalue weighted by molar-refractivity contribution is 0.100. The number of ether oxygens (including phenoxy) is 1. The first-order valence-corrected chi connectivity index (χ1v) is 7.90. The summed E-state index contributed by atoms with van der Waals surface area (Å²) in [4.78, 5) is 11.1. The molecule has 24 heavy (non-hydrogen) atoms. The number of amides is 1. The van der Waals surface area contributed by atoms with E-state index in [1.165, 1.54) is 5.57 Å². The molecule has 2 aromatic rings. The smallest absolute Gasteiger partial charge is 0.248 e. The lowest BCUT2D eigenvalue weighted by Gasteiger charge is -2.06. The van der Waals surface area contributed by atoms with Crippen LogP contribution in [0.2, 0.25) is 0 Å². The van der Waals surface area contributed by atoms with Crippen LogP contribution >= 0.6 is 0 Å². The molecule has 0 bridgehead atoms. The van der Waals surface area contributed by atoms with Crippen molar-refractivity contribution in [3.63, 3.8) is 0 Å². The number of hydrogen-bond donors (Lipinski definition) is 1. The molecule has 2 rings (SSSR count). The molecule has 0 aliphatic carbocycles. The van der Waals surface area contributed by atoms with E-state index in [9.17, 15) is 4.79 Å². The third kappa shape index (κ3) is 5.13. The molecule has 0 saturated heterocycles. The minimum absolute atomic E-state index is 0.411. The van der Waals surface area contributed by atoms with Crippen molar-refractivity contribution in [1.82, 2.24) is 0 Å². The van der Waals surface area contributed by atoms with E-state index < -0.39 is 5.91 Å². The highest BCUT2D eigenvalue weighted by Gasteiger charge is 2.01. The van der Waals surface area contributed by atoms with Crippen LogP contribution in [-0.2, 0) is 0 Å². The van der Waals surface area contributed by atoms with Gasteiger partial charge in [0, 0.05) is 5.56 Å². The van der Waals surface area contributed by atoms with Crippen molar-refractivity contribution in [2.45, 2.75) is 20.8 Å². The maximum Gasteiger partial charge on any atom is 0.248 e. The van der Waals surface area contributed by atoms with E-state index in [1.54, 1.807) is 12.1 Å². The Hall–Kier alpha value is -2.81. The van der Waals surface area contributed by atoms with Gasteiger partial charge in [0.05, 0.1) is 0 Å². The zero-order valence-electron chi connectivity index (χ0n) is 14.4. The highest BCUT2D eigenvalue weighted by molar-refractivity contribution is 5.93. The largest absolute Gasteiger partial charge is 0.490 e. The zero-order chi connectivity index (χ0) is 17.5. The molecule has 0 aliphatic heterocycles. The fourth-order valence-corrected chi connectivity index (χ4v) is 2.20. The summed E-state index contributed by atoms with van der Waals surface area (Å²) in [5.74, 6) is 0.445. The number of rotatable bonds is 6. The number of hydrogen-bond acceptors (Lipinski definition) is 2. The van der Waals surface area contributed by atoms with Gasteiger partial charge in [0.2, 0.25) is 5.91 Å². The highest BCUT2D eigenvalue weighted by Crippen LogP contribution is 2.21. The summed E-state index contributed by atoms with van der Waals surface area (Å²) in [6.45, 7) is 6.75. The second kappa shape index (κ2) is 8.16. The molecule has 0 fully saturated rings. The summed E-state index contributed by atoms with van der Waals surface area (Å²) in [5.41, 5.74) is 10.3. The van der Waals surface area contributed by atoms with Crippen molar-refractivity contribution < 1.29 is 9.53 Å². The van der Waals surface area contributed by atoms with Gasteiger partial charge >= 0.3 is 0 Å². The van der Waals surface area contributed by atoms with Gasteiger partial charge in [-0.3, -0.25) is 4.79 Å². The summed E-state index contributed by atoms with van der Waals surface area (Å²) in [5, 5.41) is 0. The monoisotopic (exact) mass is 321 g/mol. The van der Waals surface area contributed by atoms with Crippen LogP contribution in [0.4, 0.5) is 0 Å². The standard InChI is InChI=1S/C21H23NO2/c1-15(2)12-13-24-20-10-8-18(9-11-20)16(3)14-17-4-6-19(7-5-17)21(22)23/h4-12,14H,13H2,1-3H3,(H2,22,23)/b16-14+. The Morgan fingerprint density at radius 3 is 2.08 bits per heavy atom. The second-order valence-electron chi connectivity index (χ2n) is 5.93. The Kier molecular flexibility index (Phi) is 5.96. The Balaban J connectivity index is 2.07. The van der Waals surface area contributed by atoms with Gasteiger partial charge < -0.3 is 10.5 Å². The summed E-state index contributed by atoms with van der Waals surface area (Å²) >= 11 is 0. The summed E-state index contributed by atoms with van der Waals surface area (Å²) < 4.78 is 5.67. The van der Waals surface area contributed by atoms with Crippen molar-refractivity contribution in [3.05, 3.63) is 76.9 Å². The van der Waals surface area contributed by atoms with E-state index in [0.717, 1.165) is 22.4 Å². The average molecular weight is 321 g/mol. The van der Waals surface area contributed by atoms with E-state index in [4.69, 9.17) is 10.5 Å². The molecule has 0 aromatic heterocycles. The van der Waals surface area contributed by atoms with Gasteiger partial charge in [0.1, 0.15) is 12.4 Å². The van der Waals surface area contributed by atoms with Crippen LogP contribution in [0.5, 0.6) is 5.75 Å². The van der Waals surface area contributed by atoms with E-state index in [-0.39, 0.29) is 0 Å². The molecular formula is C21H23NO2. The summed E-state index contributed by atoms with van der Waals surface area (Å²) in [7, 11) is 0. The fourth-order valence-electron chi connectivity index (χ4n) is 2.20. The van der Waals surface area contributed by atoms with Gasteiger partial charge in [-0.25, -0.2) is 0 Å². The van der Waals surface area contributed by atoms with E-state index >= 15 is 0 Å². The van der Waals surface area contributed by atoms with Crippen LogP contribution in [0, 0.1) is 0 Å². The van der Waals surface area contributed by atoms with Crippen molar-refractivity contribution in [2.75, 3.05) is 6.61 Å². The predicted octanol–water partition coefficient (Wildman–Crippen LogP) is 4.69. The average Bonchev–Trinajstić information content (AvgIpc) is 2.55. The van der Waals surface area contributed by atoms with Crippen LogP contribution in [0.25, 0.3) is 11.6 Å². The van der Waals surface area contributed by atoms with Crippen LogP contribution in [0.1, 0.15) is 42.3 Å². The lowest BCUT2D eigenvalue weighted by Crippen LogP contribution is -2.10. The van der Waals surface area contributed by atoms with Crippen molar-refractivity contribution in [2.24, 2.45) is 5.73 Å². The van der Waals surface area contributed by atoms with Crippen molar-refractivity contribution >= 4 is 17.6 Å². The molecule has 0 saturated carbocycles. The minimum atomic E-state index is -0.411. The number of benzene rings is 2. The van der Waals surface area contributed by atoms with Gasteiger partial charge in [-0.1, -0.05) is 35.9 Å². The summed E-state index contributed by atoms with van der Waals surface area (Å²) in [6.07, 6.45) is 4.12. The number of carbonyl (C=O) groups excluding carboxylic acids is 1. The maximum absolute atomic E-state index is 11.1. The molecule has 2 N–H and O–H groups in total. The minimum Gasteiger partial charge on any atom is -0.490 e. The normalized spacial score (nSPS) is 11.0. The number of primary amides is 1. The molecular weight excluding hydrogens is 298 g/mol. The molecule has 0 spiro atoms. The molecule has 3 nitrogen and oxygen atoms in total. The number of nitrogens with two attached hydrogens (primary N) is 1. The highest BCUT2D eigenvalue weighted by atomic mass is 16.5. The van der Waals surface area contributed by atoms with Gasteiger partial charge in [-0.05, 0) is 67.8 Å². The second-order valence-corrected chi connectivity index (χ2v) is 5.93. The van der Waals surface area contributed by atoms with Gasteiger partial charge in [0.15, 0.2) is 0 Å². The first-order chi connectivity index (χ1) is 11.5. The molecule has 124 valence electrons. The molecule has 2 aromatic carbocycles. The van der Waals surface area contributed by atoms with Crippen LogP contribution in [-0.4, -0.2) is 12.5 Å². The van der Waals surface area contributed by atoms with Gasteiger partial charge in [0.25, 0.3) is 0 Å². The van der Waals surface area contributed by atoms with E-state index in [2.05, 4.69) is 32.9 Å². The predicted molar refractivity (Wildman–Crippen MR) is 99.9 cm³/mol. The van der Waals surface area contributed by atoms with Crippen LogP contribution in [0.15, 0.2) is 60.2 Å². The number of carbonyl (C=O) groups is 1. The molecule has 0 heterocycles. The lowest BCUT2D eigenvalue weighted by atomic mass is 10.0. The van der Waals surface area contributed by atoms with Crippen molar-refractivity contribution in [3.8, 4) is 5.75 Å². The van der Waals surface area contributed by atoms with Crippen molar-refractivity contribution in [1.29, 1.82) is 0 Å². The van der Waals surface area contributed by atoms with Gasteiger partial charge in [-0.2, -0.15) is 0 Å². The first-order valence-electron chi connectivity index (χ1n) is 7.90. The molecule has 0 unspecified atom stereocenters. The Bertz CT molecular complexity index is 749. The quantitative estimate of drug-likeness (QED) is 0.620. The molecule has 0 atom stereocenters. The summed E-state index contributed by atoms with van der Waals surface area (Å²) in [6, 6.07) is 15.3. The third-order valence-electron chi connectivity index (χ3n) is 3.63. The SMILES string of the molecule is CC(C)=CCOc1ccc(/C(C)=C/c2ccc(C(N)=O)cc2)cc1. The fraction of sp³-hybridized carbons (Fsp3) is 0.190. The van der Waals surface area contributed by atoms with Crippen LogP contribution in [0.3, 0.4) is 0 Å². The molecule has 1 amide bonds. The zero-order valence-corrected chi connectivity index (χ0v) is 14.4. The Morgan fingerprint density at radius 2 is 1.54 bits per heavy atom. The topological polar surface area (TPSA) is 52.3 Å². The Morgan fingerprint density at radius 1 is 0.958 bits per heavy atom. The maximum atomic E-state index is 11.1. The molecule has 0 radical (unpaired) electrons. The molecule has 3 heteroatoms. The first kappa shape index (κ1) is 17.5. The third-order valence-corrected chi connectivity index (χ3v) is 3.63. The van der Waals surface area contributed by atoms with E-state index in [1.807, 2.05) is 36.4 Å².